The molecule has 26 heavy (non-hydrogen) atoms. The second-order valence-electron chi connectivity index (χ2n) is 6.07. The van der Waals surface area contributed by atoms with Gasteiger partial charge >= 0.3 is 0 Å². The van der Waals surface area contributed by atoms with Crippen LogP contribution in [0.2, 0.25) is 0 Å². The van der Waals surface area contributed by atoms with E-state index in [2.05, 4.69) is 31.4 Å². The van der Waals surface area contributed by atoms with Crippen LogP contribution in [0.1, 0.15) is 12.8 Å². The van der Waals surface area contributed by atoms with Crippen LogP contribution in [0.3, 0.4) is 0 Å². The summed E-state index contributed by atoms with van der Waals surface area (Å²) in [5.74, 6) is 1.57. The molecule has 1 aromatic heterocycles. The summed E-state index contributed by atoms with van der Waals surface area (Å²) in [7, 11) is 1.60. The number of methoxy groups -OCH3 is 1. The fourth-order valence-electron chi connectivity index (χ4n) is 2.60. The Morgan fingerprint density at radius 2 is 1.88 bits per heavy atom. The summed E-state index contributed by atoms with van der Waals surface area (Å²) in [6.07, 6.45) is 1.89. The molecule has 1 N–H and O–H groups in total. The van der Waals surface area contributed by atoms with Gasteiger partial charge < -0.3 is 14.5 Å². The van der Waals surface area contributed by atoms with E-state index in [-0.39, 0.29) is 11.8 Å². The molecule has 2 aromatic carbocycles. The zero-order valence-corrected chi connectivity index (χ0v) is 15.6. The van der Waals surface area contributed by atoms with E-state index in [0.29, 0.717) is 28.8 Å². The molecule has 1 amide bonds. The second kappa shape index (κ2) is 6.92. The van der Waals surface area contributed by atoms with Gasteiger partial charge in [0.15, 0.2) is 0 Å². The molecule has 0 spiro atoms. The molecule has 0 bridgehead atoms. The van der Waals surface area contributed by atoms with Crippen LogP contribution in [0.15, 0.2) is 51.4 Å². The van der Waals surface area contributed by atoms with Gasteiger partial charge in [-0.3, -0.25) is 4.79 Å². The molecular formula is C19H16BrN3O3. The van der Waals surface area contributed by atoms with E-state index in [4.69, 9.17) is 9.15 Å². The van der Waals surface area contributed by atoms with Gasteiger partial charge in [-0.25, -0.2) is 0 Å². The minimum absolute atomic E-state index is 0.0349. The van der Waals surface area contributed by atoms with Crippen LogP contribution in [0.25, 0.3) is 22.9 Å². The van der Waals surface area contributed by atoms with Gasteiger partial charge in [0, 0.05) is 10.4 Å². The maximum absolute atomic E-state index is 12.1. The lowest BCUT2D eigenvalue weighted by Crippen LogP contribution is -2.13. The number of anilines is 1. The molecule has 7 heteroatoms. The van der Waals surface area contributed by atoms with E-state index in [1.165, 1.54) is 0 Å². The smallest absolute Gasteiger partial charge is 0.250 e. The van der Waals surface area contributed by atoms with Gasteiger partial charge in [-0.15, -0.1) is 10.2 Å². The largest absolute Gasteiger partial charge is 0.497 e. The number of aromatic nitrogens is 2. The van der Waals surface area contributed by atoms with Crippen LogP contribution < -0.4 is 10.1 Å². The van der Waals surface area contributed by atoms with Crippen molar-refractivity contribution in [3.63, 3.8) is 0 Å². The number of nitrogens with zero attached hydrogens (tertiary/aromatic N) is 2. The third-order valence-electron chi connectivity index (χ3n) is 4.19. The van der Waals surface area contributed by atoms with Crippen LogP contribution >= 0.6 is 15.9 Å². The highest BCUT2D eigenvalue weighted by Crippen LogP contribution is 2.35. The molecular weight excluding hydrogens is 398 g/mol. The first kappa shape index (κ1) is 16.8. The Labute approximate surface area is 158 Å². The fraction of sp³-hybridized carbons (Fsp3) is 0.211. The van der Waals surface area contributed by atoms with Gasteiger partial charge in [-0.05, 0) is 59.1 Å². The molecule has 0 radical (unpaired) electrons. The number of ether oxygens (including phenoxy) is 1. The first-order valence-corrected chi connectivity index (χ1v) is 9.02. The third kappa shape index (κ3) is 3.35. The molecule has 0 saturated heterocycles. The minimum atomic E-state index is 0.0349. The summed E-state index contributed by atoms with van der Waals surface area (Å²) in [5.41, 5.74) is 2.10. The number of halogens is 1. The summed E-state index contributed by atoms with van der Waals surface area (Å²) in [5, 5.41) is 11.3. The second-order valence-corrected chi connectivity index (χ2v) is 6.92. The molecule has 1 aliphatic rings. The quantitative estimate of drug-likeness (QED) is 0.664. The number of para-hydroxylation sites is 1. The molecule has 132 valence electrons. The number of carbonyl (C=O) groups is 1. The van der Waals surface area contributed by atoms with Crippen LogP contribution in [0, 0.1) is 5.92 Å². The number of hydrogen-bond donors (Lipinski definition) is 1. The van der Waals surface area contributed by atoms with E-state index >= 15 is 0 Å². The average molecular weight is 414 g/mol. The Balaban J connectivity index is 1.67. The highest BCUT2D eigenvalue weighted by molar-refractivity contribution is 9.10. The summed E-state index contributed by atoms with van der Waals surface area (Å²) >= 11 is 3.49. The van der Waals surface area contributed by atoms with E-state index in [1.807, 2.05) is 42.5 Å². The van der Waals surface area contributed by atoms with E-state index in [1.54, 1.807) is 7.11 Å². The highest BCUT2D eigenvalue weighted by Gasteiger charge is 2.30. The topological polar surface area (TPSA) is 77.3 Å². The van der Waals surface area contributed by atoms with Gasteiger partial charge in [0.25, 0.3) is 0 Å². The van der Waals surface area contributed by atoms with Crippen molar-refractivity contribution in [3.8, 4) is 28.7 Å². The summed E-state index contributed by atoms with van der Waals surface area (Å²) in [6.45, 7) is 0. The first-order valence-electron chi connectivity index (χ1n) is 8.23. The third-order valence-corrected chi connectivity index (χ3v) is 4.88. The Bertz CT molecular complexity index is 966. The predicted molar refractivity (Wildman–Crippen MR) is 101 cm³/mol. The van der Waals surface area contributed by atoms with Crippen molar-refractivity contribution in [2.75, 3.05) is 12.4 Å². The van der Waals surface area contributed by atoms with Crippen LogP contribution in [0.4, 0.5) is 5.69 Å². The molecule has 1 saturated carbocycles. The zero-order chi connectivity index (χ0) is 18.1. The van der Waals surface area contributed by atoms with Crippen LogP contribution in [-0.4, -0.2) is 23.2 Å². The lowest BCUT2D eigenvalue weighted by molar-refractivity contribution is -0.117. The van der Waals surface area contributed by atoms with Crippen molar-refractivity contribution in [2.45, 2.75) is 12.8 Å². The minimum Gasteiger partial charge on any atom is -0.497 e. The zero-order valence-electron chi connectivity index (χ0n) is 14.0. The van der Waals surface area contributed by atoms with Gasteiger partial charge in [0.2, 0.25) is 17.7 Å². The summed E-state index contributed by atoms with van der Waals surface area (Å²) < 4.78 is 12.0. The summed E-state index contributed by atoms with van der Waals surface area (Å²) in [6, 6.07) is 12.9. The lowest BCUT2D eigenvalue weighted by Gasteiger charge is -2.08. The number of rotatable bonds is 5. The molecule has 1 aliphatic carbocycles. The molecule has 3 aromatic rings. The van der Waals surface area contributed by atoms with Gasteiger partial charge in [0.05, 0.1) is 23.9 Å². The van der Waals surface area contributed by atoms with Gasteiger partial charge in [-0.1, -0.05) is 12.1 Å². The normalized spacial score (nSPS) is 13.5. The molecule has 0 atom stereocenters. The first-order chi connectivity index (χ1) is 12.7. The SMILES string of the molecule is COc1ccc(Br)c(-c2nnc(-c3ccccc3NC(=O)C3CC3)o2)c1. The van der Waals surface area contributed by atoms with E-state index in [0.717, 1.165) is 22.9 Å². The van der Waals surface area contributed by atoms with Crippen molar-refractivity contribution >= 4 is 27.5 Å². The Morgan fingerprint density at radius 3 is 2.62 bits per heavy atom. The van der Waals surface area contributed by atoms with Crippen molar-refractivity contribution in [1.29, 1.82) is 0 Å². The predicted octanol–water partition coefficient (Wildman–Crippen LogP) is 4.52. The highest BCUT2D eigenvalue weighted by atomic mass is 79.9. The van der Waals surface area contributed by atoms with E-state index < -0.39 is 0 Å². The number of hydrogen-bond acceptors (Lipinski definition) is 5. The molecule has 6 nitrogen and oxygen atoms in total. The number of nitrogens with one attached hydrogen (secondary N) is 1. The lowest BCUT2D eigenvalue weighted by atomic mass is 10.1. The van der Waals surface area contributed by atoms with Gasteiger partial charge in [-0.2, -0.15) is 0 Å². The van der Waals surface area contributed by atoms with Crippen LogP contribution in [-0.2, 0) is 4.79 Å². The Kier molecular flexibility index (Phi) is 4.46. The Morgan fingerprint density at radius 1 is 1.15 bits per heavy atom. The number of amides is 1. The average Bonchev–Trinajstić information content (AvgIpc) is 3.41. The number of benzene rings is 2. The van der Waals surface area contributed by atoms with Crippen LogP contribution in [0.5, 0.6) is 5.75 Å². The monoisotopic (exact) mass is 413 g/mol. The maximum atomic E-state index is 12.1. The maximum Gasteiger partial charge on any atom is 0.250 e. The molecule has 0 unspecified atom stereocenters. The molecule has 1 fully saturated rings. The van der Waals surface area contributed by atoms with Crippen molar-refractivity contribution in [3.05, 3.63) is 46.9 Å². The molecule has 0 aliphatic heterocycles. The standard InChI is InChI=1S/C19H16BrN3O3/c1-25-12-8-9-15(20)14(10-12)19-23-22-18(26-19)13-4-2-3-5-16(13)21-17(24)11-6-7-11/h2-5,8-11H,6-7H2,1H3,(H,21,24). The van der Waals surface area contributed by atoms with Crippen molar-refractivity contribution < 1.29 is 13.9 Å². The fourth-order valence-corrected chi connectivity index (χ4v) is 3.01. The molecule has 1 heterocycles. The Hall–Kier alpha value is -2.67. The van der Waals surface area contributed by atoms with Gasteiger partial charge in [0.1, 0.15) is 5.75 Å². The van der Waals surface area contributed by atoms with Crippen molar-refractivity contribution in [2.24, 2.45) is 5.92 Å². The number of carbonyl (C=O) groups excluding carboxylic acids is 1. The van der Waals surface area contributed by atoms with Crippen molar-refractivity contribution in [1.82, 2.24) is 10.2 Å². The molecule has 4 rings (SSSR count). The van der Waals surface area contributed by atoms with E-state index in [9.17, 15) is 4.79 Å². The summed E-state index contributed by atoms with van der Waals surface area (Å²) in [4.78, 5) is 12.1.